The van der Waals surface area contributed by atoms with Crippen molar-refractivity contribution >= 4 is 15.9 Å². The van der Waals surface area contributed by atoms with Crippen LogP contribution in [0.2, 0.25) is 0 Å². The first-order valence-corrected chi connectivity index (χ1v) is 5.80. The fourth-order valence-electron chi connectivity index (χ4n) is 1.69. The second-order valence-corrected chi connectivity index (χ2v) is 4.85. The minimum atomic E-state index is -0.189. The van der Waals surface area contributed by atoms with E-state index in [9.17, 15) is 4.39 Å². The predicted octanol–water partition coefficient (Wildman–Crippen LogP) is 2.20. The summed E-state index contributed by atoms with van der Waals surface area (Å²) in [6, 6.07) is 5.25. The summed E-state index contributed by atoms with van der Waals surface area (Å²) >= 11 is 3.31. The maximum Gasteiger partial charge on any atom is 0.127 e. The van der Waals surface area contributed by atoms with Crippen molar-refractivity contribution in [3.63, 3.8) is 0 Å². The molecule has 82 valence electrons. The van der Waals surface area contributed by atoms with E-state index in [0.29, 0.717) is 18.2 Å². The molecule has 2 rings (SSSR count). The fourth-order valence-corrected chi connectivity index (χ4v) is 2.10. The molecular formula is C11H13BrFNO. The molecule has 0 spiro atoms. The van der Waals surface area contributed by atoms with E-state index in [1.54, 1.807) is 12.1 Å². The van der Waals surface area contributed by atoms with Gasteiger partial charge in [0.25, 0.3) is 0 Å². The smallest absolute Gasteiger partial charge is 0.127 e. The van der Waals surface area contributed by atoms with E-state index in [1.165, 1.54) is 6.07 Å². The van der Waals surface area contributed by atoms with E-state index in [1.807, 2.05) is 0 Å². The van der Waals surface area contributed by atoms with Crippen LogP contribution in [-0.2, 0) is 6.54 Å². The maximum atomic E-state index is 13.3. The molecule has 0 bridgehead atoms. The SMILES string of the molecule is OC1CC(NCc2cc(Br)ccc2F)C1. The van der Waals surface area contributed by atoms with Crippen LogP contribution in [0, 0.1) is 5.82 Å². The summed E-state index contributed by atoms with van der Waals surface area (Å²) in [7, 11) is 0. The van der Waals surface area contributed by atoms with Crippen molar-refractivity contribution in [3.05, 3.63) is 34.1 Å². The lowest BCUT2D eigenvalue weighted by Gasteiger charge is -2.32. The lowest BCUT2D eigenvalue weighted by Crippen LogP contribution is -2.43. The van der Waals surface area contributed by atoms with Crippen LogP contribution in [0.25, 0.3) is 0 Å². The Morgan fingerprint density at radius 1 is 1.47 bits per heavy atom. The number of aliphatic hydroxyl groups is 1. The topological polar surface area (TPSA) is 32.3 Å². The fraction of sp³-hybridized carbons (Fsp3) is 0.455. The highest BCUT2D eigenvalue weighted by molar-refractivity contribution is 9.10. The van der Waals surface area contributed by atoms with Gasteiger partial charge in [-0.25, -0.2) is 4.39 Å². The second kappa shape index (κ2) is 4.60. The van der Waals surface area contributed by atoms with E-state index < -0.39 is 0 Å². The molecule has 1 aliphatic carbocycles. The van der Waals surface area contributed by atoms with Gasteiger partial charge in [-0.2, -0.15) is 0 Å². The number of benzene rings is 1. The van der Waals surface area contributed by atoms with Crippen molar-refractivity contribution in [2.75, 3.05) is 0 Å². The first-order chi connectivity index (χ1) is 7.15. The van der Waals surface area contributed by atoms with Gasteiger partial charge in [-0.15, -0.1) is 0 Å². The second-order valence-electron chi connectivity index (χ2n) is 3.94. The van der Waals surface area contributed by atoms with Gasteiger partial charge in [0.05, 0.1) is 6.10 Å². The van der Waals surface area contributed by atoms with E-state index in [2.05, 4.69) is 21.2 Å². The quantitative estimate of drug-likeness (QED) is 0.885. The molecule has 1 fully saturated rings. The summed E-state index contributed by atoms with van der Waals surface area (Å²) in [5.74, 6) is -0.189. The van der Waals surface area contributed by atoms with Crippen LogP contribution < -0.4 is 5.32 Å². The molecule has 0 amide bonds. The highest BCUT2D eigenvalue weighted by Crippen LogP contribution is 2.21. The van der Waals surface area contributed by atoms with Gasteiger partial charge < -0.3 is 10.4 Å². The molecule has 1 aromatic rings. The van der Waals surface area contributed by atoms with Crippen LogP contribution in [0.1, 0.15) is 18.4 Å². The van der Waals surface area contributed by atoms with Gasteiger partial charge in [-0.1, -0.05) is 15.9 Å². The van der Waals surface area contributed by atoms with Crippen molar-refractivity contribution in [2.24, 2.45) is 0 Å². The third-order valence-corrected chi connectivity index (χ3v) is 3.20. The van der Waals surface area contributed by atoms with Gasteiger partial charge >= 0.3 is 0 Å². The number of aliphatic hydroxyl groups excluding tert-OH is 1. The molecule has 4 heteroatoms. The van der Waals surface area contributed by atoms with Crippen LogP contribution in [0.15, 0.2) is 22.7 Å². The maximum absolute atomic E-state index is 13.3. The first-order valence-electron chi connectivity index (χ1n) is 5.00. The molecule has 2 N–H and O–H groups in total. The van der Waals surface area contributed by atoms with Crippen molar-refractivity contribution in [1.82, 2.24) is 5.32 Å². The van der Waals surface area contributed by atoms with Gasteiger partial charge in [0.15, 0.2) is 0 Å². The summed E-state index contributed by atoms with van der Waals surface area (Å²) in [4.78, 5) is 0. The third-order valence-electron chi connectivity index (χ3n) is 2.70. The predicted molar refractivity (Wildman–Crippen MR) is 60.0 cm³/mol. The Morgan fingerprint density at radius 2 is 2.20 bits per heavy atom. The van der Waals surface area contributed by atoms with Gasteiger partial charge in [0, 0.05) is 22.6 Å². The van der Waals surface area contributed by atoms with Crippen molar-refractivity contribution < 1.29 is 9.50 Å². The number of hydrogen-bond donors (Lipinski definition) is 2. The van der Waals surface area contributed by atoms with Crippen molar-refractivity contribution in [2.45, 2.75) is 31.5 Å². The van der Waals surface area contributed by atoms with Crippen LogP contribution >= 0.6 is 15.9 Å². The summed E-state index contributed by atoms with van der Waals surface area (Å²) in [5.41, 5.74) is 0.658. The minimum Gasteiger partial charge on any atom is -0.393 e. The average molecular weight is 274 g/mol. The van der Waals surface area contributed by atoms with Gasteiger partial charge in [-0.05, 0) is 31.0 Å². The Balaban J connectivity index is 1.90. The zero-order valence-corrected chi connectivity index (χ0v) is 9.80. The molecule has 15 heavy (non-hydrogen) atoms. The Morgan fingerprint density at radius 3 is 2.87 bits per heavy atom. The van der Waals surface area contributed by atoms with E-state index >= 15 is 0 Å². The number of rotatable bonds is 3. The zero-order chi connectivity index (χ0) is 10.8. The Kier molecular flexibility index (Phi) is 3.38. The molecule has 0 aromatic heterocycles. The molecule has 1 aliphatic rings. The molecule has 0 radical (unpaired) electrons. The largest absolute Gasteiger partial charge is 0.393 e. The third kappa shape index (κ3) is 2.77. The molecule has 0 saturated heterocycles. The molecule has 0 heterocycles. The van der Waals surface area contributed by atoms with Crippen molar-refractivity contribution in [3.8, 4) is 0 Å². The molecule has 1 aromatic carbocycles. The van der Waals surface area contributed by atoms with Crippen LogP contribution in [0.4, 0.5) is 4.39 Å². The average Bonchev–Trinajstić information content (AvgIpc) is 2.16. The standard InChI is InChI=1S/C11H13BrFNO/c12-8-1-2-11(13)7(3-8)6-14-9-4-10(15)5-9/h1-3,9-10,14-15H,4-6H2. The summed E-state index contributed by atoms with van der Waals surface area (Å²) in [6.45, 7) is 0.517. The molecular weight excluding hydrogens is 261 g/mol. The Bertz CT molecular complexity index is 352. The van der Waals surface area contributed by atoms with Crippen LogP contribution in [-0.4, -0.2) is 17.3 Å². The monoisotopic (exact) mass is 273 g/mol. The van der Waals surface area contributed by atoms with E-state index in [-0.39, 0.29) is 11.9 Å². The highest BCUT2D eigenvalue weighted by atomic mass is 79.9. The molecule has 1 saturated carbocycles. The Labute approximate surface area is 96.6 Å². The molecule has 0 aliphatic heterocycles. The zero-order valence-electron chi connectivity index (χ0n) is 8.21. The molecule has 0 unspecified atom stereocenters. The van der Waals surface area contributed by atoms with Crippen LogP contribution in [0.5, 0.6) is 0 Å². The number of halogens is 2. The van der Waals surface area contributed by atoms with Gasteiger partial charge in [-0.3, -0.25) is 0 Å². The molecule has 0 atom stereocenters. The summed E-state index contributed by atoms with van der Waals surface area (Å²) in [5, 5.41) is 12.3. The summed E-state index contributed by atoms with van der Waals surface area (Å²) in [6.07, 6.45) is 1.38. The lowest BCUT2D eigenvalue weighted by atomic mass is 9.89. The van der Waals surface area contributed by atoms with Crippen molar-refractivity contribution in [1.29, 1.82) is 0 Å². The van der Waals surface area contributed by atoms with Gasteiger partial charge in [0.1, 0.15) is 5.82 Å². The number of hydrogen-bond acceptors (Lipinski definition) is 2. The lowest BCUT2D eigenvalue weighted by molar-refractivity contribution is 0.0618. The van der Waals surface area contributed by atoms with E-state index in [0.717, 1.165) is 17.3 Å². The normalized spacial score (nSPS) is 25.0. The highest BCUT2D eigenvalue weighted by Gasteiger charge is 2.26. The number of nitrogens with one attached hydrogen (secondary N) is 1. The molecule has 2 nitrogen and oxygen atoms in total. The minimum absolute atomic E-state index is 0.171. The summed E-state index contributed by atoms with van der Waals surface area (Å²) < 4.78 is 14.2. The Hall–Kier alpha value is -0.450. The first kappa shape index (κ1) is 11.0. The van der Waals surface area contributed by atoms with E-state index in [4.69, 9.17) is 5.11 Å². The van der Waals surface area contributed by atoms with Gasteiger partial charge in [0.2, 0.25) is 0 Å². The van der Waals surface area contributed by atoms with Crippen LogP contribution in [0.3, 0.4) is 0 Å².